The van der Waals surface area contributed by atoms with Gasteiger partial charge in [-0.3, -0.25) is 4.68 Å². The minimum absolute atomic E-state index is 0.0290. The van der Waals surface area contributed by atoms with Gasteiger partial charge in [0.2, 0.25) is 0 Å². The zero-order valence-electron chi connectivity index (χ0n) is 10.5. The molecule has 0 amide bonds. The molecular weight excluding hydrogens is 218 g/mol. The summed E-state index contributed by atoms with van der Waals surface area (Å²) in [5.74, 6) is 0.762. The minimum atomic E-state index is -0.0290. The first kappa shape index (κ1) is 11.7. The molecule has 2 aromatic heterocycles. The average molecular weight is 235 g/mol. The van der Waals surface area contributed by atoms with Gasteiger partial charge in [0.1, 0.15) is 5.69 Å². The Morgan fingerprint density at radius 2 is 2.18 bits per heavy atom. The third-order valence-corrected chi connectivity index (χ3v) is 2.75. The van der Waals surface area contributed by atoms with Crippen LogP contribution in [0.2, 0.25) is 0 Å². The molecule has 92 valence electrons. The van der Waals surface area contributed by atoms with Gasteiger partial charge >= 0.3 is 0 Å². The van der Waals surface area contributed by atoms with Crippen LogP contribution in [0, 0.1) is 0 Å². The van der Waals surface area contributed by atoms with Crippen molar-refractivity contribution in [2.75, 3.05) is 14.2 Å². The summed E-state index contributed by atoms with van der Waals surface area (Å²) in [5.41, 5.74) is 1.91. The molecule has 6 heteroatoms. The molecule has 0 aliphatic rings. The van der Waals surface area contributed by atoms with Gasteiger partial charge < -0.3 is 14.6 Å². The molecule has 0 aliphatic carbocycles. The molecular formula is C11H17N5O. The van der Waals surface area contributed by atoms with E-state index >= 15 is 0 Å². The lowest BCUT2D eigenvalue weighted by molar-refractivity contribution is 0.402. The largest absolute Gasteiger partial charge is 0.493 e. The van der Waals surface area contributed by atoms with Crippen molar-refractivity contribution in [1.82, 2.24) is 24.6 Å². The Kier molecular flexibility index (Phi) is 3.14. The summed E-state index contributed by atoms with van der Waals surface area (Å²) in [4.78, 5) is 4.36. The van der Waals surface area contributed by atoms with Crippen LogP contribution in [0.5, 0.6) is 5.75 Å². The predicted octanol–water partition coefficient (Wildman–Crippen LogP) is 0.471. The number of imidazole rings is 1. The molecule has 1 atom stereocenters. The maximum Gasteiger partial charge on any atom is 0.161 e. The number of nitrogens with zero attached hydrogens (tertiary/aromatic N) is 4. The van der Waals surface area contributed by atoms with E-state index in [1.807, 2.05) is 31.9 Å². The number of hydrogen-bond donors (Lipinski definition) is 1. The number of aryl methyl sites for hydroxylation is 2. The van der Waals surface area contributed by atoms with Crippen LogP contribution in [0.3, 0.4) is 0 Å². The van der Waals surface area contributed by atoms with Crippen molar-refractivity contribution in [2.45, 2.75) is 6.04 Å². The second kappa shape index (κ2) is 4.58. The van der Waals surface area contributed by atoms with Crippen LogP contribution >= 0.6 is 0 Å². The van der Waals surface area contributed by atoms with E-state index in [0.29, 0.717) is 0 Å². The fraction of sp³-hybridized carbons (Fsp3) is 0.455. The highest BCUT2D eigenvalue weighted by atomic mass is 16.5. The van der Waals surface area contributed by atoms with Crippen molar-refractivity contribution in [1.29, 1.82) is 0 Å². The van der Waals surface area contributed by atoms with Crippen molar-refractivity contribution in [3.05, 3.63) is 30.1 Å². The molecule has 6 nitrogen and oxygen atoms in total. The highest BCUT2D eigenvalue weighted by Crippen LogP contribution is 2.27. The predicted molar refractivity (Wildman–Crippen MR) is 63.9 cm³/mol. The van der Waals surface area contributed by atoms with Gasteiger partial charge in [-0.1, -0.05) is 0 Å². The smallest absolute Gasteiger partial charge is 0.161 e. The normalized spacial score (nSPS) is 12.7. The van der Waals surface area contributed by atoms with E-state index < -0.39 is 0 Å². The van der Waals surface area contributed by atoms with Gasteiger partial charge in [-0.05, 0) is 7.05 Å². The first-order chi connectivity index (χ1) is 8.17. The van der Waals surface area contributed by atoms with E-state index in [4.69, 9.17) is 4.74 Å². The van der Waals surface area contributed by atoms with Gasteiger partial charge in [-0.15, -0.1) is 0 Å². The molecule has 0 aromatic carbocycles. The number of rotatable bonds is 4. The summed E-state index contributed by atoms with van der Waals surface area (Å²) in [6.07, 6.45) is 5.47. The van der Waals surface area contributed by atoms with Gasteiger partial charge in [-0.2, -0.15) is 5.10 Å². The fourth-order valence-electron chi connectivity index (χ4n) is 1.92. The van der Waals surface area contributed by atoms with Crippen LogP contribution in [-0.2, 0) is 14.1 Å². The van der Waals surface area contributed by atoms with Crippen LogP contribution in [0.25, 0.3) is 0 Å². The second-order valence-electron chi connectivity index (χ2n) is 3.91. The molecule has 1 unspecified atom stereocenters. The standard InChI is InChI=1S/C11H17N5O/c1-12-10(8-6-15(2)7-13-8)11-9(17-4)5-14-16(11)3/h5-7,10,12H,1-4H3. The van der Waals surface area contributed by atoms with Crippen molar-refractivity contribution in [2.24, 2.45) is 14.1 Å². The molecule has 2 heterocycles. The van der Waals surface area contributed by atoms with E-state index in [2.05, 4.69) is 15.4 Å². The molecule has 2 aromatic rings. The lowest BCUT2D eigenvalue weighted by atomic mass is 10.1. The Balaban J connectivity index is 2.44. The summed E-state index contributed by atoms with van der Waals surface area (Å²) in [7, 11) is 7.38. The Hall–Kier alpha value is -1.82. The number of aromatic nitrogens is 4. The molecule has 0 aliphatic heterocycles. The van der Waals surface area contributed by atoms with Gasteiger partial charge in [-0.25, -0.2) is 4.98 Å². The number of hydrogen-bond acceptors (Lipinski definition) is 4. The SMILES string of the molecule is CNC(c1cn(C)cn1)c1c(OC)cnn1C. The number of methoxy groups -OCH3 is 1. The lowest BCUT2D eigenvalue weighted by Gasteiger charge is -2.15. The van der Waals surface area contributed by atoms with E-state index in [0.717, 1.165) is 17.1 Å². The van der Waals surface area contributed by atoms with Crippen LogP contribution < -0.4 is 10.1 Å². The molecule has 1 N–H and O–H groups in total. The summed E-state index contributed by atoms with van der Waals surface area (Å²) >= 11 is 0. The summed E-state index contributed by atoms with van der Waals surface area (Å²) < 4.78 is 9.04. The first-order valence-electron chi connectivity index (χ1n) is 5.38. The van der Waals surface area contributed by atoms with E-state index in [-0.39, 0.29) is 6.04 Å². The quantitative estimate of drug-likeness (QED) is 0.837. The summed E-state index contributed by atoms with van der Waals surface area (Å²) in [6.45, 7) is 0. The van der Waals surface area contributed by atoms with Crippen molar-refractivity contribution in [3.8, 4) is 5.75 Å². The Morgan fingerprint density at radius 3 is 2.71 bits per heavy atom. The van der Waals surface area contributed by atoms with Gasteiger partial charge in [0.25, 0.3) is 0 Å². The highest BCUT2D eigenvalue weighted by Gasteiger charge is 2.22. The van der Waals surface area contributed by atoms with Crippen molar-refractivity contribution < 1.29 is 4.74 Å². The summed E-state index contributed by atoms with van der Waals surface area (Å²) in [5, 5.41) is 7.44. The maximum atomic E-state index is 5.32. The van der Waals surface area contributed by atoms with Crippen LogP contribution in [-0.4, -0.2) is 33.5 Å². The van der Waals surface area contributed by atoms with Crippen molar-refractivity contribution in [3.63, 3.8) is 0 Å². The van der Waals surface area contributed by atoms with Crippen molar-refractivity contribution >= 4 is 0 Å². The van der Waals surface area contributed by atoms with E-state index in [1.54, 1.807) is 24.3 Å². The molecule has 2 rings (SSSR count). The minimum Gasteiger partial charge on any atom is -0.493 e. The second-order valence-corrected chi connectivity index (χ2v) is 3.91. The highest BCUT2D eigenvalue weighted by molar-refractivity contribution is 5.33. The summed E-state index contributed by atoms with van der Waals surface area (Å²) in [6, 6.07) is -0.0290. The van der Waals surface area contributed by atoms with Crippen LogP contribution in [0.1, 0.15) is 17.4 Å². The maximum absolute atomic E-state index is 5.32. The first-order valence-corrected chi connectivity index (χ1v) is 5.38. The topological polar surface area (TPSA) is 56.9 Å². The molecule has 0 spiro atoms. The van der Waals surface area contributed by atoms with E-state index in [1.165, 1.54) is 0 Å². The lowest BCUT2D eigenvalue weighted by Crippen LogP contribution is -2.21. The third-order valence-electron chi connectivity index (χ3n) is 2.75. The van der Waals surface area contributed by atoms with E-state index in [9.17, 15) is 0 Å². The van der Waals surface area contributed by atoms with Gasteiger partial charge in [0, 0.05) is 20.3 Å². The molecule has 0 bridgehead atoms. The average Bonchev–Trinajstić information content (AvgIpc) is 2.89. The van der Waals surface area contributed by atoms with Crippen LogP contribution in [0.15, 0.2) is 18.7 Å². The third kappa shape index (κ3) is 2.03. The zero-order chi connectivity index (χ0) is 12.4. The monoisotopic (exact) mass is 235 g/mol. The Labute approximate surface area is 100 Å². The van der Waals surface area contributed by atoms with Crippen LogP contribution in [0.4, 0.5) is 0 Å². The molecule has 0 radical (unpaired) electrons. The Bertz CT molecular complexity index is 502. The molecule has 0 saturated carbocycles. The molecule has 17 heavy (non-hydrogen) atoms. The Morgan fingerprint density at radius 1 is 1.41 bits per heavy atom. The fourth-order valence-corrected chi connectivity index (χ4v) is 1.92. The zero-order valence-corrected chi connectivity index (χ0v) is 10.5. The van der Waals surface area contributed by atoms with Gasteiger partial charge in [0.05, 0.1) is 31.4 Å². The van der Waals surface area contributed by atoms with Gasteiger partial charge in [0.15, 0.2) is 5.75 Å². The number of nitrogens with one attached hydrogen (secondary N) is 1. The molecule has 0 saturated heterocycles. The molecule has 0 fully saturated rings. The number of ether oxygens (including phenoxy) is 1.